The molecule has 0 atom stereocenters. The zero-order valence-corrected chi connectivity index (χ0v) is 14.8. The zero-order chi connectivity index (χ0) is 17.1. The van der Waals surface area contributed by atoms with Crippen molar-refractivity contribution in [2.45, 2.75) is 32.6 Å². The standard InChI is InChI=1S/C18H25N7/c1-2-19-16-7-8-20-18(23-16)25-11-9-24(10-12-25)17-14-5-3-4-6-15(14)21-13-22-17/h7-8,13H,2-6,9-12H2,1H3,(H,19,20,23). The molecule has 0 spiro atoms. The predicted molar refractivity (Wildman–Crippen MR) is 99.3 cm³/mol. The van der Waals surface area contributed by atoms with Crippen molar-refractivity contribution in [3.63, 3.8) is 0 Å². The summed E-state index contributed by atoms with van der Waals surface area (Å²) in [4.78, 5) is 22.8. The van der Waals surface area contributed by atoms with E-state index in [2.05, 4.69) is 42.0 Å². The van der Waals surface area contributed by atoms with E-state index >= 15 is 0 Å². The molecule has 0 saturated carbocycles. The van der Waals surface area contributed by atoms with Crippen LogP contribution in [0.5, 0.6) is 0 Å². The number of fused-ring (bicyclic) bond motifs is 1. The summed E-state index contributed by atoms with van der Waals surface area (Å²) >= 11 is 0. The topological polar surface area (TPSA) is 70.1 Å². The van der Waals surface area contributed by atoms with Crippen LogP contribution < -0.4 is 15.1 Å². The summed E-state index contributed by atoms with van der Waals surface area (Å²) in [5, 5.41) is 3.25. The first-order valence-electron chi connectivity index (χ1n) is 9.24. The summed E-state index contributed by atoms with van der Waals surface area (Å²) in [5.74, 6) is 2.84. The van der Waals surface area contributed by atoms with Crippen molar-refractivity contribution < 1.29 is 0 Å². The van der Waals surface area contributed by atoms with Crippen LogP contribution in [-0.2, 0) is 12.8 Å². The Kier molecular flexibility index (Phi) is 4.63. The first kappa shape index (κ1) is 16.1. The molecule has 1 aliphatic carbocycles. The summed E-state index contributed by atoms with van der Waals surface area (Å²) in [5.41, 5.74) is 2.62. The van der Waals surface area contributed by atoms with E-state index in [1.165, 1.54) is 24.1 Å². The fraction of sp³-hybridized carbons (Fsp3) is 0.556. The molecule has 7 nitrogen and oxygen atoms in total. The van der Waals surface area contributed by atoms with Gasteiger partial charge in [0.2, 0.25) is 5.95 Å². The van der Waals surface area contributed by atoms with Crippen LogP contribution in [0.25, 0.3) is 0 Å². The number of rotatable bonds is 4. The fourth-order valence-corrected chi connectivity index (χ4v) is 3.67. The van der Waals surface area contributed by atoms with Gasteiger partial charge in [-0.2, -0.15) is 4.98 Å². The lowest BCUT2D eigenvalue weighted by Crippen LogP contribution is -2.47. The van der Waals surface area contributed by atoms with Gasteiger partial charge in [-0.15, -0.1) is 0 Å². The van der Waals surface area contributed by atoms with Crippen molar-refractivity contribution >= 4 is 17.6 Å². The Morgan fingerprint density at radius 3 is 2.64 bits per heavy atom. The third-order valence-electron chi connectivity index (χ3n) is 4.97. The van der Waals surface area contributed by atoms with Gasteiger partial charge in [-0.1, -0.05) is 0 Å². The second-order valence-electron chi connectivity index (χ2n) is 6.58. The van der Waals surface area contributed by atoms with Crippen LogP contribution in [0.2, 0.25) is 0 Å². The molecule has 3 heterocycles. The SMILES string of the molecule is CCNc1ccnc(N2CCN(c3ncnc4c3CCCC4)CC2)n1. The number of hydrogen-bond donors (Lipinski definition) is 1. The minimum atomic E-state index is 0.808. The van der Waals surface area contributed by atoms with E-state index in [0.717, 1.165) is 63.1 Å². The molecule has 0 unspecified atom stereocenters. The number of aromatic nitrogens is 4. The maximum atomic E-state index is 4.61. The molecule has 2 aliphatic rings. The van der Waals surface area contributed by atoms with Gasteiger partial charge in [0.1, 0.15) is 18.0 Å². The van der Waals surface area contributed by atoms with Crippen LogP contribution in [-0.4, -0.2) is 52.7 Å². The molecule has 1 N–H and O–H groups in total. The quantitative estimate of drug-likeness (QED) is 0.912. The van der Waals surface area contributed by atoms with Gasteiger partial charge < -0.3 is 15.1 Å². The molecule has 2 aromatic heterocycles. The summed E-state index contributed by atoms with van der Waals surface area (Å²) in [7, 11) is 0. The minimum absolute atomic E-state index is 0.808. The van der Waals surface area contributed by atoms with Crippen molar-refractivity contribution in [3.8, 4) is 0 Å². The van der Waals surface area contributed by atoms with Gasteiger partial charge in [-0.3, -0.25) is 0 Å². The molecule has 2 aromatic rings. The van der Waals surface area contributed by atoms with Crippen molar-refractivity contribution in [2.24, 2.45) is 0 Å². The molecule has 1 fully saturated rings. The third-order valence-corrected chi connectivity index (χ3v) is 4.97. The van der Waals surface area contributed by atoms with E-state index in [1.807, 2.05) is 12.3 Å². The van der Waals surface area contributed by atoms with Crippen LogP contribution in [0.3, 0.4) is 0 Å². The number of nitrogens with one attached hydrogen (secondary N) is 1. The Hall–Kier alpha value is -2.44. The third kappa shape index (κ3) is 3.36. The molecule has 25 heavy (non-hydrogen) atoms. The predicted octanol–water partition coefficient (Wildman–Crippen LogP) is 1.90. The lowest BCUT2D eigenvalue weighted by molar-refractivity contribution is 0.616. The van der Waals surface area contributed by atoms with E-state index in [0.29, 0.717) is 0 Å². The Bertz CT molecular complexity index is 725. The minimum Gasteiger partial charge on any atom is -0.370 e. The molecule has 0 amide bonds. The number of nitrogens with zero attached hydrogens (tertiary/aromatic N) is 6. The van der Waals surface area contributed by atoms with Gasteiger partial charge in [-0.25, -0.2) is 15.0 Å². The van der Waals surface area contributed by atoms with Crippen molar-refractivity contribution in [1.29, 1.82) is 0 Å². The van der Waals surface area contributed by atoms with Crippen LogP contribution in [0, 0.1) is 0 Å². The molecule has 0 aromatic carbocycles. The zero-order valence-electron chi connectivity index (χ0n) is 14.8. The summed E-state index contributed by atoms with van der Waals surface area (Å²) in [6.45, 7) is 6.64. The summed E-state index contributed by atoms with van der Waals surface area (Å²) in [6, 6.07) is 1.91. The highest BCUT2D eigenvalue weighted by Gasteiger charge is 2.24. The lowest BCUT2D eigenvalue weighted by atomic mass is 9.96. The maximum absolute atomic E-state index is 4.61. The van der Waals surface area contributed by atoms with Crippen LogP contribution in [0.4, 0.5) is 17.6 Å². The molecule has 7 heteroatoms. The Labute approximate surface area is 148 Å². The summed E-state index contributed by atoms with van der Waals surface area (Å²) < 4.78 is 0. The second-order valence-corrected chi connectivity index (χ2v) is 6.58. The number of aryl methyl sites for hydroxylation is 1. The van der Waals surface area contributed by atoms with Crippen LogP contribution >= 0.6 is 0 Å². The largest absolute Gasteiger partial charge is 0.370 e. The van der Waals surface area contributed by atoms with Gasteiger partial charge in [0, 0.05) is 50.2 Å². The van der Waals surface area contributed by atoms with Crippen LogP contribution in [0.1, 0.15) is 31.0 Å². The van der Waals surface area contributed by atoms with Gasteiger partial charge in [0.25, 0.3) is 0 Å². The van der Waals surface area contributed by atoms with Crippen molar-refractivity contribution in [2.75, 3.05) is 47.8 Å². The lowest BCUT2D eigenvalue weighted by Gasteiger charge is -2.36. The Morgan fingerprint density at radius 2 is 1.80 bits per heavy atom. The first-order valence-corrected chi connectivity index (χ1v) is 9.24. The van der Waals surface area contributed by atoms with E-state index in [9.17, 15) is 0 Å². The van der Waals surface area contributed by atoms with E-state index in [4.69, 9.17) is 0 Å². The van der Waals surface area contributed by atoms with Gasteiger partial charge in [0.15, 0.2) is 0 Å². The number of hydrogen-bond acceptors (Lipinski definition) is 7. The Balaban J connectivity index is 1.46. The monoisotopic (exact) mass is 339 g/mol. The van der Waals surface area contributed by atoms with Crippen molar-refractivity contribution in [3.05, 3.63) is 29.8 Å². The van der Waals surface area contributed by atoms with Gasteiger partial charge in [0.05, 0.1) is 0 Å². The molecule has 0 bridgehead atoms. The van der Waals surface area contributed by atoms with Gasteiger partial charge in [-0.05, 0) is 38.7 Å². The first-order chi connectivity index (χ1) is 12.3. The van der Waals surface area contributed by atoms with E-state index in [-0.39, 0.29) is 0 Å². The van der Waals surface area contributed by atoms with Crippen LogP contribution in [0.15, 0.2) is 18.6 Å². The van der Waals surface area contributed by atoms with E-state index in [1.54, 1.807) is 6.33 Å². The highest BCUT2D eigenvalue weighted by atomic mass is 15.3. The highest BCUT2D eigenvalue weighted by molar-refractivity contribution is 5.51. The number of anilines is 3. The Morgan fingerprint density at radius 1 is 1.00 bits per heavy atom. The maximum Gasteiger partial charge on any atom is 0.227 e. The molecule has 4 rings (SSSR count). The van der Waals surface area contributed by atoms with Crippen molar-refractivity contribution in [1.82, 2.24) is 19.9 Å². The average molecular weight is 339 g/mol. The van der Waals surface area contributed by atoms with Gasteiger partial charge >= 0.3 is 0 Å². The number of piperazine rings is 1. The molecule has 1 saturated heterocycles. The molecule has 0 radical (unpaired) electrons. The highest BCUT2D eigenvalue weighted by Crippen LogP contribution is 2.28. The fourth-order valence-electron chi connectivity index (χ4n) is 3.67. The second kappa shape index (κ2) is 7.21. The molecular weight excluding hydrogens is 314 g/mol. The van der Waals surface area contributed by atoms with E-state index < -0.39 is 0 Å². The molecule has 132 valence electrons. The summed E-state index contributed by atoms with van der Waals surface area (Å²) in [6.07, 6.45) is 8.26. The average Bonchev–Trinajstić information content (AvgIpc) is 2.68. The molecular formula is C18H25N7. The smallest absolute Gasteiger partial charge is 0.227 e. The normalized spacial score (nSPS) is 17.3. The molecule has 1 aliphatic heterocycles.